The number of nitrogens with zero attached hydrogens (tertiary/aromatic N) is 1. The van der Waals surface area contributed by atoms with Crippen molar-refractivity contribution < 1.29 is 14.3 Å². The van der Waals surface area contributed by atoms with E-state index in [0.29, 0.717) is 18.0 Å². The molecule has 1 aromatic carbocycles. The molecular formula is C17H23N3O3. The van der Waals surface area contributed by atoms with Crippen molar-refractivity contribution in [1.82, 2.24) is 4.90 Å². The lowest BCUT2D eigenvalue weighted by atomic mass is 10.2. The van der Waals surface area contributed by atoms with Crippen LogP contribution < -0.4 is 15.8 Å². The maximum atomic E-state index is 12.2. The summed E-state index contributed by atoms with van der Waals surface area (Å²) in [5.74, 6) is 0.756. The fraction of sp³-hybridized carbons (Fsp3) is 0.529. The average Bonchev–Trinajstić information content (AvgIpc) is 3.30. The number of carbonyl (C=O) groups excluding carboxylic acids is 2. The minimum absolute atomic E-state index is 0.00345. The second-order valence-electron chi connectivity index (χ2n) is 6.20. The van der Waals surface area contributed by atoms with E-state index < -0.39 is 0 Å². The van der Waals surface area contributed by atoms with Crippen molar-refractivity contribution in [3.63, 3.8) is 0 Å². The molecule has 1 aromatic rings. The molecule has 6 nitrogen and oxygen atoms in total. The van der Waals surface area contributed by atoms with Crippen LogP contribution in [0, 0.1) is 5.92 Å². The topological polar surface area (TPSA) is 84.7 Å². The highest BCUT2D eigenvalue weighted by atomic mass is 16.5. The van der Waals surface area contributed by atoms with Gasteiger partial charge in [0, 0.05) is 36.8 Å². The van der Waals surface area contributed by atoms with Gasteiger partial charge in [0.05, 0.1) is 0 Å². The van der Waals surface area contributed by atoms with Crippen LogP contribution in [0.15, 0.2) is 24.3 Å². The predicted octanol–water partition coefficient (Wildman–Crippen LogP) is 1.36. The van der Waals surface area contributed by atoms with E-state index in [4.69, 9.17) is 10.5 Å². The minimum Gasteiger partial charge on any atom is -0.484 e. The summed E-state index contributed by atoms with van der Waals surface area (Å²) in [7, 11) is 0. The molecule has 0 bridgehead atoms. The first-order valence-corrected chi connectivity index (χ1v) is 8.20. The molecule has 6 heteroatoms. The normalized spacial score (nSPS) is 20.4. The van der Waals surface area contributed by atoms with Gasteiger partial charge in [-0.2, -0.15) is 0 Å². The highest BCUT2D eigenvalue weighted by Gasteiger charge is 2.30. The van der Waals surface area contributed by atoms with Crippen LogP contribution in [0.5, 0.6) is 5.75 Å². The molecule has 1 saturated carbocycles. The lowest BCUT2D eigenvalue weighted by Crippen LogP contribution is -2.42. The molecule has 124 valence electrons. The Balaban J connectivity index is 1.53. The highest BCUT2D eigenvalue weighted by Crippen LogP contribution is 2.30. The van der Waals surface area contributed by atoms with Crippen molar-refractivity contribution in [2.75, 3.05) is 25.0 Å². The largest absolute Gasteiger partial charge is 0.484 e. The van der Waals surface area contributed by atoms with Crippen LogP contribution in [0.3, 0.4) is 0 Å². The van der Waals surface area contributed by atoms with Gasteiger partial charge in [0.25, 0.3) is 5.91 Å². The van der Waals surface area contributed by atoms with Crippen LogP contribution in [-0.2, 0) is 9.59 Å². The molecule has 3 rings (SSSR count). The zero-order valence-electron chi connectivity index (χ0n) is 13.2. The zero-order chi connectivity index (χ0) is 16.2. The van der Waals surface area contributed by atoms with E-state index in [2.05, 4.69) is 5.32 Å². The second kappa shape index (κ2) is 7.00. The molecule has 2 amide bonds. The molecule has 2 aliphatic rings. The predicted molar refractivity (Wildman–Crippen MR) is 87.1 cm³/mol. The standard InChI is InChI=1S/C17H23N3O3/c18-10-14-4-2-8-20(14)16(21)11-23-15-5-1-3-13(9-15)19-17(22)12-6-7-12/h1,3,5,9,12,14H,2,4,6-8,10-11,18H2,(H,19,22). The van der Waals surface area contributed by atoms with Crippen LogP contribution in [-0.4, -0.2) is 42.5 Å². The molecule has 1 aliphatic heterocycles. The summed E-state index contributed by atoms with van der Waals surface area (Å²) in [6.07, 6.45) is 3.89. The van der Waals surface area contributed by atoms with Crippen LogP contribution in [0.4, 0.5) is 5.69 Å². The fourth-order valence-corrected chi connectivity index (χ4v) is 2.89. The molecule has 1 unspecified atom stereocenters. The average molecular weight is 317 g/mol. The van der Waals surface area contributed by atoms with Crippen molar-refractivity contribution >= 4 is 17.5 Å². The van der Waals surface area contributed by atoms with E-state index in [1.807, 2.05) is 6.07 Å². The second-order valence-corrected chi connectivity index (χ2v) is 6.20. The monoisotopic (exact) mass is 317 g/mol. The van der Waals surface area contributed by atoms with Gasteiger partial charge >= 0.3 is 0 Å². The van der Waals surface area contributed by atoms with Crippen molar-refractivity contribution in [3.05, 3.63) is 24.3 Å². The SMILES string of the molecule is NCC1CCCN1C(=O)COc1cccc(NC(=O)C2CC2)c1. The Kier molecular flexibility index (Phi) is 4.81. The van der Waals surface area contributed by atoms with Crippen LogP contribution >= 0.6 is 0 Å². The Morgan fingerprint density at radius 2 is 2.13 bits per heavy atom. The smallest absolute Gasteiger partial charge is 0.260 e. The summed E-state index contributed by atoms with van der Waals surface area (Å²) in [6, 6.07) is 7.29. The van der Waals surface area contributed by atoms with Gasteiger partial charge in [-0.1, -0.05) is 6.07 Å². The van der Waals surface area contributed by atoms with E-state index in [1.165, 1.54) is 0 Å². The van der Waals surface area contributed by atoms with Crippen LogP contribution in [0.25, 0.3) is 0 Å². The first-order chi connectivity index (χ1) is 11.2. The van der Waals surface area contributed by atoms with Crippen molar-refractivity contribution in [2.45, 2.75) is 31.7 Å². The quantitative estimate of drug-likeness (QED) is 0.830. The van der Waals surface area contributed by atoms with E-state index in [1.54, 1.807) is 23.1 Å². The van der Waals surface area contributed by atoms with Gasteiger partial charge in [-0.25, -0.2) is 0 Å². The molecule has 3 N–H and O–H groups in total. The maximum absolute atomic E-state index is 12.2. The van der Waals surface area contributed by atoms with Gasteiger partial charge in [0.1, 0.15) is 5.75 Å². The maximum Gasteiger partial charge on any atom is 0.260 e. The van der Waals surface area contributed by atoms with Crippen molar-refractivity contribution in [3.8, 4) is 5.75 Å². The Labute approximate surface area is 136 Å². The van der Waals surface area contributed by atoms with Gasteiger partial charge in [-0.15, -0.1) is 0 Å². The molecule has 2 fully saturated rings. The Morgan fingerprint density at radius 1 is 1.30 bits per heavy atom. The van der Waals surface area contributed by atoms with Crippen molar-refractivity contribution in [2.24, 2.45) is 11.7 Å². The summed E-state index contributed by atoms with van der Waals surface area (Å²) >= 11 is 0. The van der Waals surface area contributed by atoms with Gasteiger partial charge in [-0.3, -0.25) is 9.59 Å². The summed E-state index contributed by atoms with van der Waals surface area (Å²) in [4.78, 5) is 25.8. The third-order valence-corrected chi connectivity index (χ3v) is 4.38. The van der Waals surface area contributed by atoms with E-state index in [0.717, 1.165) is 32.2 Å². The molecule has 1 aliphatic carbocycles. The fourth-order valence-electron chi connectivity index (χ4n) is 2.89. The molecule has 1 heterocycles. The first-order valence-electron chi connectivity index (χ1n) is 8.20. The number of carbonyl (C=O) groups is 2. The Morgan fingerprint density at radius 3 is 2.87 bits per heavy atom. The summed E-state index contributed by atoms with van der Waals surface area (Å²) in [5.41, 5.74) is 6.39. The number of benzene rings is 1. The third-order valence-electron chi connectivity index (χ3n) is 4.38. The first kappa shape index (κ1) is 15.8. The van der Waals surface area contributed by atoms with Crippen molar-refractivity contribution in [1.29, 1.82) is 0 Å². The van der Waals surface area contributed by atoms with Gasteiger partial charge in [0.15, 0.2) is 6.61 Å². The number of amides is 2. The van der Waals surface area contributed by atoms with E-state index in [-0.39, 0.29) is 30.4 Å². The van der Waals surface area contributed by atoms with E-state index in [9.17, 15) is 9.59 Å². The summed E-state index contributed by atoms with van der Waals surface area (Å²) in [5, 5.41) is 2.87. The number of nitrogens with two attached hydrogens (primary N) is 1. The Bertz CT molecular complexity index is 586. The van der Waals surface area contributed by atoms with Gasteiger partial charge in [-0.05, 0) is 37.8 Å². The molecular weight excluding hydrogens is 294 g/mol. The number of likely N-dealkylation sites (tertiary alicyclic amines) is 1. The number of ether oxygens (including phenoxy) is 1. The number of anilines is 1. The number of hydrogen-bond acceptors (Lipinski definition) is 4. The zero-order valence-corrected chi connectivity index (χ0v) is 13.2. The molecule has 0 spiro atoms. The van der Waals surface area contributed by atoms with Gasteiger partial charge < -0.3 is 20.7 Å². The lowest BCUT2D eigenvalue weighted by molar-refractivity contribution is -0.134. The number of hydrogen-bond donors (Lipinski definition) is 2. The molecule has 0 aromatic heterocycles. The third kappa shape index (κ3) is 4.01. The highest BCUT2D eigenvalue weighted by molar-refractivity contribution is 5.94. The molecule has 0 radical (unpaired) electrons. The molecule has 1 saturated heterocycles. The Hall–Kier alpha value is -2.08. The lowest BCUT2D eigenvalue weighted by Gasteiger charge is -2.23. The van der Waals surface area contributed by atoms with Crippen LogP contribution in [0.2, 0.25) is 0 Å². The van der Waals surface area contributed by atoms with E-state index >= 15 is 0 Å². The minimum atomic E-state index is -0.0367. The number of nitrogens with one attached hydrogen (secondary N) is 1. The molecule has 1 atom stereocenters. The molecule has 23 heavy (non-hydrogen) atoms. The number of rotatable bonds is 6. The summed E-state index contributed by atoms with van der Waals surface area (Å²) < 4.78 is 5.59. The summed E-state index contributed by atoms with van der Waals surface area (Å²) in [6.45, 7) is 1.24. The van der Waals surface area contributed by atoms with Gasteiger partial charge in [0.2, 0.25) is 5.91 Å². The van der Waals surface area contributed by atoms with Crippen LogP contribution in [0.1, 0.15) is 25.7 Å².